The van der Waals surface area contributed by atoms with Gasteiger partial charge < -0.3 is 0 Å². The van der Waals surface area contributed by atoms with E-state index in [1.165, 1.54) is 36.2 Å². The lowest BCUT2D eigenvalue weighted by atomic mass is 10.2. The van der Waals surface area contributed by atoms with E-state index >= 15 is 0 Å². The van der Waals surface area contributed by atoms with Gasteiger partial charge in [0.15, 0.2) is 10.9 Å². The van der Waals surface area contributed by atoms with E-state index in [0.29, 0.717) is 11.4 Å². The van der Waals surface area contributed by atoms with Crippen LogP contribution in [0.2, 0.25) is 0 Å². The fourth-order valence-corrected chi connectivity index (χ4v) is 6.00. The number of amides is 1. The Bertz CT molecular complexity index is 1710. The van der Waals surface area contributed by atoms with Crippen LogP contribution >= 0.6 is 11.3 Å². The summed E-state index contributed by atoms with van der Waals surface area (Å²) in [5.74, 6) is -2.08. The summed E-state index contributed by atoms with van der Waals surface area (Å²) in [6.07, 6.45) is 1.58. The van der Waals surface area contributed by atoms with E-state index in [4.69, 9.17) is 0 Å². The van der Waals surface area contributed by atoms with Crippen molar-refractivity contribution in [1.82, 2.24) is 9.97 Å². The smallest absolute Gasteiger partial charge is 0.264 e. The van der Waals surface area contributed by atoms with Crippen molar-refractivity contribution in [2.24, 2.45) is 0 Å². The van der Waals surface area contributed by atoms with Crippen LogP contribution in [-0.2, 0) is 16.6 Å². The zero-order valence-electron chi connectivity index (χ0n) is 20.0. The number of hydrogen-bond acceptors (Lipinski definition) is 6. The SMILES string of the molecule is CN(c1ccccc1)S(=O)(=O)c1ccc(C(=O)N(Cc2ccccn2)c2nc3c(F)cc(F)cc3s2)cc1. The first-order valence-corrected chi connectivity index (χ1v) is 13.6. The zero-order valence-corrected chi connectivity index (χ0v) is 21.6. The molecule has 0 fully saturated rings. The average Bonchev–Trinajstić information content (AvgIpc) is 3.36. The Morgan fingerprint density at radius 2 is 1.66 bits per heavy atom. The highest BCUT2D eigenvalue weighted by atomic mass is 32.2. The van der Waals surface area contributed by atoms with Crippen molar-refractivity contribution in [2.45, 2.75) is 11.4 Å². The number of carbonyl (C=O) groups is 1. The number of halogens is 2. The molecule has 5 aromatic rings. The number of carbonyl (C=O) groups excluding carboxylic acids is 1. The van der Waals surface area contributed by atoms with Gasteiger partial charge in [-0.05, 0) is 54.6 Å². The van der Waals surface area contributed by atoms with E-state index in [2.05, 4.69) is 9.97 Å². The molecule has 0 spiro atoms. The fraction of sp³-hybridized carbons (Fsp3) is 0.0741. The van der Waals surface area contributed by atoms with Crippen LogP contribution in [-0.4, -0.2) is 31.3 Å². The number of thiazole rings is 1. The summed E-state index contributed by atoms with van der Waals surface area (Å²) in [6.45, 7) is 0.0143. The number of hydrogen-bond donors (Lipinski definition) is 0. The van der Waals surface area contributed by atoms with Gasteiger partial charge in [0.05, 0.1) is 27.5 Å². The second-order valence-electron chi connectivity index (χ2n) is 8.28. The quantitative estimate of drug-likeness (QED) is 0.262. The Labute approximate surface area is 221 Å². The van der Waals surface area contributed by atoms with Gasteiger partial charge in [0.1, 0.15) is 11.3 Å². The van der Waals surface area contributed by atoms with Crippen LogP contribution in [0, 0.1) is 11.6 Å². The van der Waals surface area contributed by atoms with Gasteiger partial charge in [0.2, 0.25) is 0 Å². The second-order valence-corrected chi connectivity index (χ2v) is 11.3. The normalized spacial score (nSPS) is 11.4. The van der Waals surface area contributed by atoms with E-state index in [-0.39, 0.29) is 32.4 Å². The molecule has 0 aliphatic carbocycles. The molecule has 0 saturated heterocycles. The summed E-state index contributed by atoms with van der Waals surface area (Å²) < 4.78 is 55.8. The van der Waals surface area contributed by atoms with Gasteiger partial charge in [-0.2, -0.15) is 0 Å². The maximum atomic E-state index is 14.3. The van der Waals surface area contributed by atoms with Crippen LogP contribution in [0.25, 0.3) is 10.2 Å². The maximum absolute atomic E-state index is 14.3. The molecule has 11 heteroatoms. The molecule has 7 nitrogen and oxygen atoms in total. The fourth-order valence-electron chi connectivity index (χ4n) is 3.80. The van der Waals surface area contributed by atoms with Gasteiger partial charge in [0, 0.05) is 24.9 Å². The summed E-state index contributed by atoms with van der Waals surface area (Å²) in [5, 5.41) is 0.153. The van der Waals surface area contributed by atoms with E-state index < -0.39 is 27.6 Å². The Morgan fingerprint density at radius 1 is 0.947 bits per heavy atom. The topological polar surface area (TPSA) is 83.5 Å². The molecule has 0 radical (unpaired) electrons. The second kappa shape index (κ2) is 10.3. The van der Waals surface area contributed by atoms with Crippen molar-refractivity contribution in [2.75, 3.05) is 16.3 Å². The van der Waals surface area contributed by atoms with Crippen molar-refractivity contribution < 1.29 is 22.0 Å². The molecule has 0 saturated carbocycles. The lowest BCUT2D eigenvalue weighted by Gasteiger charge is -2.21. The lowest BCUT2D eigenvalue weighted by molar-refractivity contribution is 0.0984. The van der Waals surface area contributed by atoms with E-state index in [1.807, 2.05) is 0 Å². The molecular formula is C27H20F2N4O3S2. The monoisotopic (exact) mass is 550 g/mol. The standard InChI is InChI=1S/C27H20F2N4O3S2/c1-32(21-8-3-2-4-9-21)38(35,36)22-12-10-18(11-13-22)26(34)33(17-20-7-5-6-14-30-20)27-31-25-23(29)15-19(28)16-24(25)37-27/h2-16H,17H2,1H3. The van der Waals surface area contributed by atoms with Crippen LogP contribution in [0.4, 0.5) is 19.6 Å². The predicted molar refractivity (Wildman–Crippen MR) is 143 cm³/mol. The van der Waals surface area contributed by atoms with E-state index in [0.717, 1.165) is 27.8 Å². The highest BCUT2D eigenvalue weighted by molar-refractivity contribution is 7.92. The lowest BCUT2D eigenvalue weighted by Crippen LogP contribution is -2.31. The summed E-state index contributed by atoms with van der Waals surface area (Å²) in [5.41, 5.74) is 1.19. The number of fused-ring (bicyclic) bond motifs is 1. The van der Waals surface area contributed by atoms with Crippen molar-refractivity contribution in [3.05, 3.63) is 114 Å². The van der Waals surface area contributed by atoms with E-state index in [1.54, 1.807) is 54.7 Å². The van der Waals surface area contributed by atoms with Crippen molar-refractivity contribution in [1.29, 1.82) is 0 Å². The maximum Gasteiger partial charge on any atom is 0.264 e. The Kier molecular flexibility index (Phi) is 6.87. The third-order valence-corrected chi connectivity index (χ3v) is 8.63. The highest BCUT2D eigenvalue weighted by Crippen LogP contribution is 2.33. The van der Waals surface area contributed by atoms with E-state index in [9.17, 15) is 22.0 Å². The van der Waals surface area contributed by atoms with Crippen LogP contribution < -0.4 is 9.21 Å². The van der Waals surface area contributed by atoms with Crippen LogP contribution in [0.15, 0.2) is 96.0 Å². The molecule has 0 aliphatic heterocycles. The van der Waals surface area contributed by atoms with Gasteiger partial charge in [-0.15, -0.1) is 0 Å². The van der Waals surface area contributed by atoms with Gasteiger partial charge in [-0.3, -0.25) is 19.0 Å². The molecule has 192 valence electrons. The summed E-state index contributed by atoms with van der Waals surface area (Å²) in [7, 11) is -2.42. The molecule has 0 unspecified atom stereocenters. The molecule has 5 rings (SSSR count). The number of sulfonamides is 1. The predicted octanol–water partition coefficient (Wildman–Crippen LogP) is 5.64. The van der Waals surface area contributed by atoms with Gasteiger partial charge in [-0.25, -0.2) is 22.2 Å². The van der Waals surface area contributed by atoms with Crippen molar-refractivity contribution in [3.8, 4) is 0 Å². The van der Waals surface area contributed by atoms with Crippen molar-refractivity contribution in [3.63, 3.8) is 0 Å². The Balaban J connectivity index is 1.49. The zero-order chi connectivity index (χ0) is 26.9. The number of nitrogens with zero attached hydrogens (tertiary/aromatic N) is 4. The first-order chi connectivity index (χ1) is 18.2. The third-order valence-electron chi connectivity index (χ3n) is 5.80. The minimum Gasteiger partial charge on any atom is -0.278 e. The Morgan fingerprint density at radius 3 is 2.34 bits per heavy atom. The highest BCUT2D eigenvalue weighted by Gasteiger charge is 2.25. The molecule has 2 heterocycles. The van der Waals surface area contributed by atoms with Crippen LogP contribution in [0.5, 0.6) is 0 Å². The minimum absolute atomic E-state index is 0.00853. The number of benzene rings is 3. The first kappa shape index (κ1) is 25.4. The molecule has 2 aromatic heterocycles. The number of anilines is 2. The molecule has 0 bridgehead atoms. The number of aromatic nitrogens is 2. The van der Waals surface area contributed by atoms with Gasteiger partial charge in [-0.1, -0.05) is 35.6 Å². The molecule has 0 N–H and O–H groups in total. The third kappa shape index (κ3) is 4.98. The largest absolute Gasteiger partial charge is 0.278 e. The molecule has 3 aromatic carbocycles. The molecule has 38 heavy (non-hydrogen) atoms. The summed E-state index contributed by atoms with van der Waals surface area (Å²) in [6, 6.07) is 21.3. The molecule has 1 amide bonds. The summed E-state index contributed by atoms with van der Waals surface area (Å²) >= 11 is 0.969. The number of para-hydroxylation sites is 1. The molecular weight excluding hydrogens is 530 g/mol. The van der Waals surface area contributed by atoms with Crippen molar-refractivity contribution >= 4 is 48.3 Å². The first-order valence-electron chi connectivity index (χ1n) is 11.4. The van der Waals surface area contributed by atoms with Gasteiger partial charge in [0.25, 0.3) is 15.9 Å². The molecule has 0 aliphatic rings. The number of rotatable bonds is 7. The average molecular weight is 551 g/mol. The molecule has 0 atom stereocenters. The van der Waals surface area contributed by atoms with Crippen LogP contribution in [0.3, 0.4) is 0 Å². The number of pyridine rings is 1. The minimum atomic E-state index is -3.87. The van der Waals surface area contributed by atoms with Crippen LogP contribution in [0.1, 0.15) is 16.1 Å². The summed E-state index contributed by atoms with van der Waals surface area (Å²) in [4.78, 5) is 23.5. The Hall–Kier alpha value is -4.22. The van der Waals surface area contributed by atoms with Gasteiger partial charge >= 0.3 is 0 Å².